The number of non-ortho nitro benzene ring substituents is 1. The van der Waals surface area contributed by atoms with Crippen molar-refractivity contribution in [3.63, 3.8) is 0 Å². The van der Waals surface area contributed by atoms with Crippen LogP contribution in [0.1, 0.15) is 81.9 Å². The van der Waals surface area contributed by atoms with Crippen LogP contribution in [0.2, 0.25) is 0 Å². The van der Waals surface area contributed by atoms with Gasteiger partial charge < -0.3 is 10.0 Å². The number of benzene rings is 2. The quantitative estimate of drug-likeness (QED) is 0.175. The normalized spacial score (nSPS) is 15.9. The number of nitrogens with zero attached hydrogens (tertiary/aromatic N) is 2. The maximum Gasteiger partial charge on any atom is 0.269 e. The maximum atomic E-state index is 10.7. The highest BCUT2D eigenvalue weighted by atomic mass is 16.6. The number of nitro groups is 1. The van der Waals surface area contributed by atoms with Gasteiger partial charge in [-0.05, 0) is 98.7 Å². The lowest BCUT2D eigenvalue weighted by Gasteiger charge is -2.32. The van der Waals surface area contributed by atoms with Crippen molar-refractivity contribution in [2.45, 2.75) is 77.7 Å². The molecule has 0 amide bonds. The summed E-state index contributed by atoms with van der Waals surface area (Å²) < 4.78 is 0. The van der Waals surface area contributed by atoms with Gasteiger partial charge in [-0.1, -0.05) is 87.7 Å². The van der Waals surface area contributed by atoms with Gasteiger partial charge in [-0.25, -0.2) is 0 Å². The molecule has 1 aliphatic carbocycles. The second kappa shape index (κ2) is 18.1. The molecule has 5 heteroatoms. The van der Waals surface area contributed by atoms with Gasteiger partial charge in [0.1, 0.15) is 0 Å². The number of likely N-dealkylation sites (tertiary alicyclic amines) is 1. The molecule has 0 atom stereocenters. The van der Waals surface area contributed by atoms with E-state index in [-0.39, 0.29) is 17.2 Å². The summed E-state index contributed by atoms with van der Waals surface area (Å²) in [6.45, 7) is 16.3. The second-order valence-corrected chi connectivity index (χ2v) is 10.2. The van der Waals surface area contributed by atoms with Gasteiger partial charge in [0.05, 0.1) is 4.92 Å². The van der Waals surface area contributed by atoms with E-state index in [1.165, 1.54) is 49.9 Å². The Morgan fingerprint density at radius 2 is 1.60 bits per heavy atom. The topological polar surface area (TPSA) is 66.6 Å². The third kappa shape index (κ3) is 11.1. The molecule has 2 aromatic rings. The Bertz CT molecular complexity index is 1100. The van der Waals surface area contributed by atoms with Gasteiger partial charge in [0, 0.05) is 24.8 Å². The van der Waals surface area contributed by atoms with Crippen molar-refractivity contribution in [1.82, 2.24) is 4.90 Å². The average Bonchev–Trinajstić information content (AvgIpc) is 3.84. The smallest absolute Gasteiger partial charge is 0.269 e. The third-order valence-electron chi connectivity index (χ3n) is 7.37. The molecule has 1 aliphatic heterocycles. The van der Waals surface area contributed by atoms with E-state index in [1.54, 1.807) is 18.2 Å². The summed E-state index contributed by atoms with van der Waals surface area (Å²) in [7, 11) is 0. The zero-order valence-electron chi connectivity index (χ0n) is 24.7. The molecule has 2 fully saturated rings. The van der Waals surface area contributed by atoms with Crippen molar-refractivity contribution in [2.24, 2.45) is 0 Å². The maximum absolute atomic E-state index is 10.7. The van der Waals surface area contributed by atoms with Gasteiger partial charge in [0.15, 0.2) is 0 Å². The minimum atomic E-state index is -0.354. The molecule has 1 saturated carbocycles. The molecule has 1 saturated heterocycles. The fraction of sp³-hybridized carbons (Fsp3) is 0.429. The van der Waals surface area contributed by atoms with E-state index in [4.69, 9.17) is 5.11 Å². The number of aliphatic hydroxyl groups is 1. The van der Waals surface area contributed by atoms with Crippen LogP contribution in [-0.2, 0) is 6.42 Å². The Morgan fingerprint density at radius 3 is 2.08 bits per heavy atom. The highest BCUT2D eigenvalue weighted by Gasteiger charge is 2.32. The molecule has 216 valence electrons. The molecule has 4 rings (SSSR count). The lowest BCUT2D eigenvalue weighted by Crippen LogP contribution is -2.34. The fourth-order valence-corrected chi connectivity index (χ4v) is 4.94. The zero-order chi connectivity index (χ0) is 29.3. The standard InChI is InChI=1S/C21H24N2O2.C12H18O.C2H6/c24-23(25)21-7-3-17(4-8-21)15-16-1-5-18(6-2-16)19-11-13-22(14-12-19)20-9-10-20;1-4-6-9-12(5-2)11(3)8-7-10-13;1-2/h1-8,19-20H,9-15H2;4-6,9,13H,1,3,7-8,10H2,2H3;1-2H3/b;9-6-,12-5+;. The number of hydrogen-bond acceptors (Lipinski definition) is 4. The summed E-state index contributed by atoms with van der Waals surface area (Å²) >= 11 is 0. The summed E-state index contributed by atoms with van der Waals surface area (Å²) in [5.74, 6) is 0.698. The van der Waals surface area contributed by atoms with Crippen LogP contribution in [-0.4, -0.2) is 40.7 Å². The van der Waals surface area contributed by atoms with Crippen LogP contribution in [0.25, 0.3) is 0 Å². The number of aliphatic hydroxyl groups excluding tert-OH is 1. The summed E-state index contributed by atoms with van der Waals surface area (Å²) in [5.41, 5.74) is 6.16. The van der Waals surface area contributed by atoms with Crippen molar-refractivity contribution in [3.8, 4) is 0 Å². The monoisotopic (exact) mass is 544 g/mol. The van der Waals surface area contributed by atoms with E-state index in [0.29, 0.717) is 5.92 Å². The van der Waals surface area contributed by atoms with E-state index in [2.05, 4.69) is 42.3 Å². The predicted molar refractivity (Wildman–Crippen MR) is 169 cm³/mol. The Balaban J connectivity index is 0.000000319. The number of allylic oxidation sites excluding steroid dienone is 6. The summed E-state index contributed by atoms with van der Waals surface area (Å²) in [4.78, 5) is 13.0. The lowest BCUT2D eigenvalue weighted by molar-refractivity contribution is -0.384. The SMILES string of the molecule is C=C/C=C\C(=C/C)C(=C)CCCO.CC.O=[N+]([O-])c1ccc(Cc2ccc(C3CCN(C4CC4)CC3)cc2)cc1. The first kappa shape index (κ1) is 32.9. The van der Waals surface area contributed by atoms with Crippen molar-refractivity contribution in [3.05, 3.63) is 124 Å². The molecule has 5 nitrogen and oxygen atoms in total. The van der Waals surface area contributed by atoms with Crippen LogP contribution in [0.5, 0.6) is 0 Å². The van der Waals surface area contributed by atoms with Crippen LogP contribution < -0.4 is 0 Å². The van der Waals surface area contributed by atoms with Gasteiger partial charge in [-0.2, -0.15) is 0 Å². The Hall–Kier alpha value is -3.28. The molecule has 2 aliphatic rings. The number of piperidine rings is 1. The highest BCUT2D eigenvalue weighted by molar-refractivity contribution is 5.38. The molecule has 40 heavy (non-hydrogen) atoms. The van der Waals surface area contributed by atoms with Crippen molar-refractivity contribution >= 4 is 5.69 Å². The van der Waals surface area contributed by atoms with E-state index >= 15 is 0 Å². The summed E-state index contributed by atoms with van der Waals surface area (Å²) in [6, 6.07) is 16.7. The number of nitro benzene ring substituents is 1. The zero-order valence-corrected chi connectivity index (χ0v) is 24.7. The Morgan fingerprint density at radius 1 is 1.02 bits per heavy atom. The van der Waals surface area contributed by atoms with Gasteiger partial charge in [0.2, 0.25) is 0 Å². The molecule has 0 bridgehead atoms. The fourth-order valence-electron chi connectivity index (χ4n) is 4.94. The number of hydrogen-bond donors (Lipinski definition) is 1. The van der Waals surface area contributed by atoms with Crippen molar-refractivity contribution < 1.29 is 10.0 Å². The molecular formula is C35H48N2O3. The minimum Gasteiger partial charge on any atom is -0.396 e. The number of rotatable bonds is 11. The van der Waals surface area contributed by atoms with E-state index in [1.807, 2.05) is 51.1 Å². The van der Waals surface area contributed by atoms with Crippen LogP contribution in [0, 0.1) is 10.1 Å². The van der Waals surface area contributed by atoms with Crippen LogP contribution >= 0.6 is 0 Å². The van der Waals surface area contributed by atoms with Gasteiger partial charge >= 0.3 is 0 Å². The largest absolute Gasteiger partial charge is 0.396 e. The van der Waals surface area contributed by atoms with Crippen molar-refractivity contribution in [1.29, 1.82) is 0 Å². The molecule has 1 N–H and O–H groups in total. The van der Waals surface area contributed by atoms with Crippen LogP contribution in [0.4, 0.5) is 5.69 Å². The Kier molecular flexibility index (Phi) is 14.9. The molecule has 0 spiro atoms. The molecular weight excluding hydrogens is 496 g/mol. The van der Waals surface area contributed by atoms with Crippen molar-refractivity contribution in [2.75, 3.05) is 19.7 Å². The molecule has 0 unspecified atom stereocenters. The molecule has 2 aromatic carbocycles. The molecule has 0 aromatic heterocycles. The first-order valence-electron chi connectivity index (χ1n) is 14.8. The first-order valence-corrected chi connectivity index (χ1v) is 14.8. The average molecular weight is 545 g/mol. The highest BCUT2D eigenvalue weighted by Crippen LogP contribution is 2.34. The minimum absolute atomic E-state index is 0.150. The summed E-state index contributed by atoms with van der Waals surface area (Å²) in [6.07, 6.45) is 15.4. The van der Waals surface area contributed by atoms with Gasteiger partial charge in [-0.3, -0.25) is 10.1 Å². The molecule has 0 radical (unpaired) electrons. The second-order valence-electron chi connectivity index (χ2n) is 10.2. The first-order chi connectivity index (χ1) is 19.4. The van der Waals surface area contributed by atoms with Crippen LogP contribution in [0.3, 0.4) is 0 Å². The predicted octanol–water partition coefficient (Wildman–Crippen LogP) is 8.56. The summed E-state index contributed by atoms with van der Waals surface area (Å²) in [5, 5.41) is 19.4. The molecule has 1 heterocycles. The third-order valence-corrected chi connectivity index (χ3v) is 7.37. The van der Waals surface area contributed by atoms with E-state index in [9.17, 15) is 10.1 Å². The van der Waals surface area contributed by atoms with E-state index < -0.39 is 0 Å². The lowest BCUT2D eigenvalue weighted by atomic mass is 9.88. The van der Waals surface area contributed by atoms with Crippen LogP contribution in [0.15, 0.2) is 97.1 Å². The van der Waals surface area contributed by atoms with Gasteiger partial charge in [0.25, 0.3) is 5.69 Å². The van der Waals surface area contributed by atoms with E-state index in [0.717, 1.165) is 42.0 Å². The van der Waals surface area contributed by atoms with Gasteiger partial charge in [-0.15, -0.1) is 0 Å². The Labute approximate surface area is 241 Å².